The zero-order valence-corrected chi connectivity index (χ0v) is 14.6. The maximum absolute atomic E-state index is 12.4. The fourth-order valence-corrected chi connectivity index (χ4v) is 3.58. The number of ether oxygens (including phenoxy) is 1. The summed E-state index contributed by atoms with van der Waals surface area (Å²) in [7, 11) is 0. The molecule has 0 amide bonds. The SMILES string of the molecule is C=CC(=O)CCCOc1ccc2c(c1)CCc1ccccc1-c1c-2c1=O. The van der Waals surface area contributed by atoms with Crippen LogP contribution in [0.3, 0.4) is 0 Å². The molecule has 130 valence electrons. The molecule has 0 aliphatic heterocycles. The van der Waals surface area contributed by atoms with Gasteiger partial charge in [-0.05, 0) is 59.7 Å². The van der Waals surface area contributed by atoms with Crippen LogP contribution < -0.4 is 10.2 Å². The van der Waals surface area contributed by atoms with Crippen LogP contribution in [0.15, 0.2) is 59.9 Å². The van der Waals surface area contributed by atoms with Crippen LogP contribution in [0.25, 0.3) is 22.3 Å². The molecule has 0 fully saturated rings. The number of carbonyl (C=O) groups excluding carboxylic acids is 1. The molecule has 0 aromatic heterocycles. The summed E-state index contributed by atoms with van der Waals surface area (Å²) in [6.07, 6.45) is 4.26. The third-order valence-electron chi connectivity index (χ3n) is 5.00. The normalized spacial score (nSPS) is 12.5. The Balaban J connectivity index is 1.55. The van der Waals surface area contributed by atoms with Crippen molar-refractivity contribution in [2.24, 2.45) is 0 Å². The number of ketones is 1. The van der Waals surface area contributed by atoms with Crippen molar-refractivity contribution in [2.75, 3.05) is 6.61 Å². The van der Waals surface area contributed by atoms with Crippen molar-refractivity contribution < 1.29 is 9.53 Å². The van der Waals surface area contributed by atoms with Gasteiger partial charge < -0.3 is 4.74 Å². The molecular formula is C23H20O3. The van der Waals surface area contributed by atoms with E-state index in [0.717, 1.165) is 46.4 Å². The Labute approximate surface area is 152 Å². The standard InChI is InChI=1S/C23H20O3/c1-2-17(24)7-5-13-26-18-11-12-20-16(14-18)10-9-15-6-3-4-8-19(15)21-22(20)23(21)25/h2-4,6,8,11-12,14H,1,5,7,9-10,13H2. The first-order chi connectivity index (χ1) is 12.7. The lowest BCUT2D eigenvalue weighted by Crippen LogP contribution is -2.02. The highest BCUT2D eigenvalue weighted by Gasteiger charge is 2.30. The topological polar surface area (TPSA) is 43.4 Å². The first kappa shape index (κ1) is 16.5. The molecule has 1 aliphatic carbocycles. The Morgan fingerprint density at radius 1 is 1.04 bits per heavy atom. The second-order valence-corrected chi connectivity index (χ2v) is 6.68. The van der Waals surface area contributed by atoms with Crippen LogP contribution in [0.2, 0.25) is 0 Å². The van der Waals surface area contributed by atoms with Crippen LogP contribution in [-0.4, -0.2) is 12.4 Å². The number of hydrogen-bond acceptors (Lipinski definition) is 3. The van der Waals surface area contributed by atoms with Crippen LogP contribution in [0.5, 0.6) is 5.75 Å². The minimum Gasteiger partial charge on any atom is -0.494 e. The van der Waals surface area contributed by atoms with Gasteiger partial charge in [-0.25, -0.2) is 0 Å². The van der Waals surface area contributed by atoms with E-state index >= 15 is 0 Å². The maximum Gasteiger partial charge on any atom is 0.195 e. The van der Waals surface area contributed by atoms with Crippen molar-refractivity contribution in [1.82, 2.24) is 0 Å². The molecule has 0 saturated carbocycles. The van der Waals surface area contributed by atoms with Crippen LogP contribution in [0.4, 0.5) is 0 Å². The third-order valence-corrected chi connectivity index (χ3v) is 5.00. The van der Waals surface area contributed by atoms with Crippen molar-refractivity contribution >= 4 is 5.78 Å². The van der Waals surface area contributed by atoms with Gasteiger partial charge in [-0.15, -0.1) is 0 Å². The molecule has 26 heavy (non-hydrogen) atoms. The average molecular weight is 344 g/mol. The molecule has 3 nitrogen and oxygen atoms in total. The van der Waals surface area contributed by atoms with Gasteiger partial charge in [-0.3, -0.25) is 9.59 Å². The minimum absolute atomic E-state index is 0.0390. The Bertz CT molecular complexity index is 1000. The van der Waals surface area contributed by atoms with Gasteiger partial charge in [0.15, 0.2) is 11.2 Å². The number of benzene rings is 2. The van der Waals surface area contributed by atoms with Gasteiger partial charge in [-0.2, -0.15) is 0 Å². The second-order valence-electron chi connectivity index (χ2n) is 6.68. The fourth-order valence-electron chi connectivity index (χ4n) is 3.58. The first-order valence-electron chi connectivity index (χ1n) is 8.97. The highest BCUT2D eigenvalue weighted by atomic mass is 16.5. The van der Waals surface area contributed by atoms with E-state index in [4.69, 9.17) is 4.74 Å². The molecule has 0 saturated heterocycles. The maximum atomic E-state index is 12.4. The smallest absolute Gasteiger partial charge is 0.195 e. The summed E-state index contributed by atoms with van der Waals surface area (Å²) in [4.78, 5) is 23.6. The van der Waals surface area contributed by atoms with E-state index in [-0.39, 0.29) is 11.2 Å². The third kappa shape index (κ3) is 3.01. The molecule has 4 rings (SSSR count). The monoisotopic (exact) mass is 344 g/mol. The largest absolute Gasteiger partial charge is 0.494 e. The molecule has 0 bridgehead atoms. The van der Waals surface area contributed by atoms with Crippen LogP contribution in [0, 0.1) is 0 Å². The summed E-state index contributed by atoms with van der Waals surface area (Å²) in [6.45, 7) is 3.97. The van der Waals surface area contributed by atoms with Gasteiger partial charge in [0.25, 0.3) is 0 Å². The fraction of sp³-hybridized carbons (Fsp3) is 0.217. The van der Waals surface area contributed by atoms with E-state index in [1.807, 2.05) is 36.4 Å². The summed E-state index contributed by atoms with van der Waals surface area (Å²) in [5.74, 6) is 0.830. The second kappa shape index (κ2) is 6.75. The number of fused-ring (bicyclic) bond motifs is 5. The zero-order valence-electron chi connectivity index (χ0n) is 14.6. The van der Waals surface area contributed by atoms with E-state index in [1.54, 1.807) is 0 Å². The number of carbonyl (C=O) groups is 1. The van der Waals surface area contributed by atoms with Gasteiger partial charge in [0.2, 0.25) is 0 Å². The van der Waals surface area contributed by atoms with Crippen LogP contribution in [0.1, 0.15) is 24.0 Å². The molecule has 0 spiro atoms. The van der Waals surface area contributed by atoms with Gasteiger partial charge in [-0.1, -0.05) is 36.9 Å². The number of allylic oxidation sites excluding steroid dienone is 1. The van der Waals surface area contributed by atoms with Gasteiger partial charge in [0, 0.05) is 17.5 Å². The molecule has 3 aromatic carbocycles. The lowest BCUT2D eigenvalue weighted by atomic mass is 9.92. The number of rotatable bonds is 6. The summed E-state index contributed by atoms with van der Waals surface area (Å²) in [6, 6.07) is 14.1. The van der Waals surface area contributed by atoms with Crippen molar-refractivity contribution in [3.63, 3.8) is 0 Å². The first-order valence-corrected chi connectivity index (χ1v) is 8.97. The van der Waals surface area contributed by atoms with E-state index in [1.165, 1.54) is 11.6 Å². The molecule has 0 heterocycles. The lowest BCUT2D eigenvalue weighted by Gasteiger charge is -2.14. The van der Waals surface area contributed by atoms with Gasteiger partial charge in [0.05, 0.1) is 6.61 Å². The molecular weight excluding hydrogens is 324 g/mol. The molecule has 0 unspecified atom stereocenters. The predicted octanol–water partition coefficient (Wildman–Crippen LogP) is 4.27. The Morgan fingerprint density at radius 3 is 2.58 bits per heavy atom. The Morgan fingerprint density at radius 2 is 1.77 bits per heavy atom. The molecule has 0 N–H and O–H groups in total. The highest BCUT2D eigenvalue weighted by Crippen LogP contribution is 2.41. The summed E-state index contributed by atoms with van der Waals surface area (Å²) in [5, 5.41) is 0. The van der Waals surface area contributed by atoms with Crippen LogP contribution >= 0.6 is 0 Å². The zero-order chi connectivity index (χ0) is 18.1. The molecule has 3 heteroatoms. The van der Waals surface area contributed by atoms with E-state index in [0.29, 0.717) is 19.4 Å². The number of aryl methyl sites for hydroxylation is 2. The quantitative estimate of drug-likeness (QED) is 0.495. The summed E-state index contributed by atoms with van der Waals surface area (Å²) < 4.78 is 5.80. The molecule has 3 aromatic rings. The predicted molar refractivity (Wildman–Crippen MR) is 103 cm³/mol. The van der Waals surface area contributed by atoms with Crippen LogP contribution in [-0.2, 0) is 17.6 Å². The molecule has 0 radical (unpaired) electrons. The Hall–Kier alpha value is -2.94. The van der Waals surface area contributed by atoms with Crippen molar-refractivity contribution in [1.29, 1.82) is 0 Å². The minimum atomic E-state index is 0.0390. The highest BCUT2D eigenvalue weighted by molar-refractivity contribution is 5.96. The average Bonchev–Trinajstić information content (AvgIpc) is 3.31. The summed E-state index contributed by atoms with van der Waals surface area (Å²) >= 11 is 0. The lowest BCUT2D eigenvalue weighted by molar-refractivity contribution is -0.114. The van der Waals surface area contributed by atoms with Gasteiger partial charge in [0.1, 0.15) is 5.75 Å². The van der Waals surface area contributed by atoms with E-state index in [9.17, 15) is 9.59 Å². The Kier molecular flexibility index (Phi) is 4.29. The van der Waals surface area contributed by atoms with E-state index < -0.39 is 0 Å². The van der Waals surface area contributed by atoms with E-state index in [2.05, 4.69) is 12.6 Å². The molecule has 1 aliphatic rings. The molecule has 0 atom stereocenters. The van der Waals surface area contributed by atoms with Crippen molar-refractivity contribution in [3.05, 3.63) is 76.5 Å². The van der Waals surface area contributed by atoms with Crippen molar-refractivity contribution in [3.8, 4) is 28.0 Å². The van der Waals surface area contributed by atoms with Gasteiger partial charge >= 0.3 is 0 Å². The van der Waals surface area contributed by atoms with Crippen molar-refractivity contribution in [2.45, 2.75) is 25.7 Å². The summed E-state index contributed by atoms with van der Waals surface area (Å²) in [5.41, 5.74) is 6.40. The number of hydrogen-bond donors (Lipinski definition) is 0.